The lowest BCUT2D eigenvalue weighted by Crippen LogP contribution is -2.58. The third-order valence-corrected chi connectivity index (χ3v) is 10.8. The van der Waals surface area contributed by atoms with Gasteiger partial charge >= 0.3 is 0 Å². The van der Waals surface area contributed by atoms with E-state index in [9.17, 15) is 19.5 Å². The topological polar surface area (TPSA) is 90.4 Å². The molecule has 0 aliphatic carbocycles. The summed E-state index contributed by atoms with van der Waals surface area (Å²) in [6.45, 7) is 12.0. The molecule has 0 radical (unpaired) electrons. The summed E-state index contributed by atoms with van der Waals surface area (Å²) in [7, 11) is 3.32. The summed E-state index contributed by atoms with van der Waals surface area (Å²) in [5.41, 5.74) is 0.674. The lowest BCUT2D eigenvalue weighted by molar-refractivity contribution is -0.145. The van der Waals surface area contributed by atoms with Gasteiger partial charge in [-0.1, -0.05) is 32.4 Å². The van der Waals surface area contributed by atoms with Crippen LogP contribution in [-0.2, 0) is 14.4 Å². The van der Waals surface area contributed by atoms with E-state index in [1.54, 1.807) is 64.9 Å². The number of nitrogens with zero attached hydrogens (tertiary/aromatic N) is 3. The molecule has 3 amide bonds. The number of amides is 3. The van der Waals surface area contributed by atoms with Crippen molar-refractivity contribution in [2.45, 2.75) is 55.2 Å². The molecule has 3 fully saturated rings. The Morgan fingerprint density at radius 3 is 2.46 bits per heavy atom. The Morgan fingerprint density at radius 2 is 1.90 bits per heavy atom. The van der Waals surface area contributed by atoms with Crippen LogP contribution in [-0.4, -0.2) is 88.6 Å². The van der Waals surface area contributed by atoms with Crippen molar-refractivity contribution >= 4 is 35.2 Å². The van der Waals surface area contributed by atoms with Gasteiger partial charge in [-0.2, -0.15) is 0 Å². The van der Waals surface area contributed by atoms with Crippen LogP contribution >= 0.6 is 11.8 Å². The van der Waals surface area contributed by atoms with Crippen LogP contribution in [0.3, 0.4) is 0 Å². The number of ether oxygens (including phenoxy) is 1. The second kappa shape index (κ2) is 11.8. The van der Waals surface area contributed by atoms with E-state index in [0.717, 1.165) is 12.8 Å². The Bertz CT molecular complexity index is 1110. The van der Waals surface area contributed by atoms with Gasteiger partial charge in [0.15, 0.2) is 0 Å². The lowest BCUT2D eigenvalue weighted by atomic mass is 9.70. The molecule has 1 aromatic rings. The number of aliphatic hydroxyl groups is 1. The minimum absolute atomic E-state index is 0.0267. The molecule has 3 aliphatic heterocycles. The van der Waals surface area contributed by atoms with Crippen LogP contribution in [0.4, 0.5) is 5.69 Å². The molecule has 2 unspecified atom stereocenters. The van der Waals surface area contributed by atoms with Crippen molar-refractivity contribution in [2.24, 2.45) is 17.8 Å². The van der Waals surface area contributed by atoms with Crippen LogP contribution in [0.1, 0.15) is 33.1 Å². The molecular formula is C30H41N3O5S. The number of carbonyl (C=O) groups excluding carboxylic acids is 3. The summed E-state index contributed by atoms with van der Waals surface area (Å²) in [5, 5.41) is 10.5. The maximum absolute atomic E-state index is 14.7. The van der Waals surface area contributed by atoms with Gasteiger partial charge < -0.3 is 24.5 Å². The molecular weight excluding hydrogens is 514 g/mol. The zero-order chi connectivity index (χ0) is 28.5. The van der Waals surface area contributed by atoms with E-state index >= 15 is 0 Å². The number of methoxy groups -OCH3 is 1. The van der Waals surface area contributed by atoms with E-state index in [1.165, 1.54) is 0 Å². The zero-order valence-electron chi connectivity index (χ0n) is 23.4. The number of benzene rings is 1. The molecule has 0 saturated carbocycles. The molecule has 212 valence electrons. The van der Waals surface area contributed by atoms with Gasteiger partial charge in [-0.15, -0.1) is 24.9 Å². The predicted octanol–water partition coefficient (Wildman–Crippen LogP) is 3.36. The van der Waals surface area contributed by atoms with Crippen LogP contribution in [0.15, 0.2) is 49.6 Å². The average molecular weight is 556 g/mol. The third-order valence-electron chi connectivity index (χ3n) is 8.84. The number of anilines is 1. The third kappa shape index (κ3) is 4.78. The first-order chi connectivity index (χ1) is 18.7. The fourth-order valence-electron chi connectivity index (χ4n) is 6.72. The van der Waals surface area contributed by atoms with Crippen molar-refractivity contribution in [2.75, 3.05) is 38.8 Å². The molecule has 8 nitrogen and oxygen atoms in total. The highest BCUT2D eigenvalue weighted by molar-refractivity contribution is 8.02. The van der Waals surface area contributed by atoms with Gasteiger partial charge in [-0.05, 0) is 43.0 Å². The maximum Gasteiger partial charge on any atom is 0.251 e. The van der Waals surface area contributed by atoms with Crippen LogP contribution < -0.4 is 9.64 Å². The van der Waals surface area contributed by atoms with E-state index in [4.69, 9.17) is 4.74 Å². The quantitative estimate of drug-likeness (QED) is 0.398. The highest BCUT2D eigenvalue weighted by atomic mass is 32.2. The molecule has 3 saturated heterocycles. The van der Waals surface area contributed by atoms with Crippen LogP contribution in [0.2, 0.25) is 0 Å². The Labute approximate surface area is 236 Å². The number of aliphatic hydroxyl groups excluding tert-OH is 1. The lowest BCUT2D eigenvalue weighted by Gasteiger charge is -2.41. The molecule has 7 atom stereocenters. The van der Waals surface area contributed by atoms with Crippen molar-refractivity contribution in [1.82, 2.24) is 9.80 Å². The summed E-state index contributed by atoms with van der Waals surface area (Å²) in [5.74, 6) is -0.964. The maximum atomic E-state index is 14.7. The van der Waals surface area contributed by atoms with Gasteiger partial charge in [0.2, 0.25) is 11.8 Å². The van der Waals surface area contributed by atoms with E-state index in [-0.39, 0.29) is 42.0 Å². The Hall–Kier alpha value is -2.78. The SMILES string of the molecule is C=CCN(C)C(=O)[C@@H]1[C@H]2C(=O)N([C@@H](CO)[C@@H](C)CC)C(C(=O)N(CC=C)c3ccc(OC)cc3)C23CC[C@H]1S3. The molecule has 1 spiro atoms. The van der Waals surface area contributed by atoms with Gasteiger partial charge in [0.05, 0.1) is 36.3 Å². The standard InChI is InChI=1S/C30H41N3O5S/c1-7-16-31(5)27(35)24-23-14-15-30(39-23)25(24)28(36)33(22(18-34)19(4)9-3)26(30)29(37)32(17-8-2)20-10-12-21(38-6)13-11-20/h7-8,10-13,19,22-26,34H,1-2,9,14-18H2,3-6H3/t19-,22-,23+,24-,25-,26?,30?/m0/s1. The summed E-state index contributed by atoms with van der Waals surface area (Å²) in [6, 6.07) is 5.91. The molecule has 1 aromatic carbocycles. The molecule has 9 heteroatoms. The van der Waals surface area contributed by atoms with Gasteiger partial charge in [0, 0.05) is 31.1 Å². The average Bonchev–Trinajstić information content (AvgIpc) is 3.59. The van der Waals surface area contributed by atoms with E-state index in [2.05, 4.69) is 13.2 Å². The number of thioether (sulfide) groups is 1. The van der Waals surface area contributed by atoms with Crippen LogP contribution in [0, 0.1) is 17.8 Å². The summed E-state index contributed by atoms with van der Waals surface area (Å²) < 4.78 is 4.57. The summed E-state index contributed by atoms with van der Waals surface area (Å²) >= 11 is 1.64. The normalized spacial score (nSPS) is 28.5. The first kappa shape index (κ1) is 29.2. The molecule has 4 rings (SSSR count). The van der Waals surface area contributed by atoms with Crippen molar-refractivity contribution in [3.8, 4) is 5.75 Å². The molecule has 39 heavy (non-hydrogen) atoms. The molecule has 1 N–H and O–H groups in total. The molecule has 0 aromatic heterocycles. The Morgan fingerprint density at radius 1 is 1.23 bits per heavy atom. The Balaban J connectivity index is 1.82. The minimum Gasteiger partial charge on any atom is -0.497 e. The predicted molar refractivity (Wildman–Crippen MR) is 155 cm³/mol. The fourth-order valence-corrected chi connectivity index (χ4v) is 8.92. The fraction of sp³-hybridized carbons (Fsp3) is 0.567. The summed E-state index contributed by atoms with van der Waals surface area (Å²) in [4.78, 5) is 47.7. The highest BCUT2D eigenvalue weighted by Crippen LogP contribution is 2.67. The number of likely N-dealkylation sites (tertiary alicyclic amines) is 1. The van der Waals surface area contributed by atoms with Crippen LogP contribution in [0.25, 0.3) is 0 Å². The number of likely N-dealkylation sites (N-methyl/N-ethyl adjacent to an activating group) is 1. The van der Waals surface area contributed by atoms with Crippen molar-refractivity contribution < 1.29 is 24.2 Å². The minimum atomic E-state index is -0.805. The van der Waals surface area contributed by atoms with Crippen molar-refractivity contribution in [3.05, 3.63) is 49.6 Å². The number of hydrogen-bond donors (Lipinski definition) is 1. The second-order valence-corrected chi connectivity index (χ2v) is 12.5. The first-order valence-corrected chi connectivity index (χ1v) is 14.6. The number of fused-ring (bicyclic) bond motifs is 1. The van der Waals surface area contributed by atoms with E-state index in [1.807, 2.05) is 26.0 Å². The molecule has 3 heterocycles. The van der Waals surface area contributed by atoms with Crippen molar-refractivity contribution in [1.29, 1.82) is 0 Å². The number of rotatable bonds is 12. The smallest absolute Gasteiger partial charge is 0.251 e. The first-order valence-electron chi connectivity index (χ1n) is 13.7. The zero-order valence-corrected chi connectivity index (χ0v) is 24.2. The highest BCUT2D eigenvalue weighted by Gasteiger charge is 2.74. The van der Waals surface area contributed by atoms with Gasteiger partial charge in [-0.25, -0.2) is 0 Å². The number of carbonyl (C=O) groups is 3. The van der Waals surface area contributed by atoms with Crippen molar-refractivity contribution in [3.63, 3.8) is 0 Å². The van der Waals surface area contributed by atoms with E-state index in [0.29, 0.717) is 24.4 Å². The van der Waals surface area contributed by atoms with Gasteiger partial charge in [-0.3, -0.25) is 14.4 Å². The summed E-state index contributed by atoms with van der Waals surface area (Å²) in [6.07, 6.45) is 5.52. The number of hydrogen-bond acceptors (Lipinski definition) is 6. The molecule has 2 bridgehead atoms. The largest absolute Gasteiger partial charge is 0.497 e. The monoisotopic (exact) mass is 555 g/mol. The van der Waals surface area contributed by atoms with E-state index < -0.39 is 28.7 Å². The molecule has 3 aliphatic rings. The van der Waals surface area contributed by atoms with Gasteiger partial charge in [0.25, 0.3) is 5.91 Å². The second-order valence-electron chi connectivity index (χ2n) is 10.9. The van der Waals surface area contributed by atoms with Gasteiger partial charge in [0.1, 0.15) is 11.8 Å². The Kier molecular flexibility index (Phi) is 8.81. The van der Waals surface area contributed by atoms with Crippen LogP contribution in [0.5, 0.6) is 5.75 Å².